The van der Waals surface area contributed by atoms with Gasteiger partial charge >= 0.3 is 5.69 Å². The summed E-state index contributed by atoms with van der Waals surface area (Å²) in [5, 5.41) is 2.99. The second-order valence-electron chi connectivity index (χ2n) is 5.83. The number of hydrogen-bond acceptors (Lipinski definition) is 5. The first-order chi connectivity index (χ1) is 11.3. The number of aryl methyl sites for hydroxylation is 1. The van der Waals surface area contributed by atoms with Crippen molar-refractivity contribution in [3.8, 4) is 0 Å². The number of pyridine rings is 1. The third-order valence-corrected chi connectivity index (χ3v) is 3.61. The summed E-state index contributed by atoms with van der Waals surface area (Å²) in [6.45, 7) is 4.94. The number of aromatic nitrogens is 3. The third kappa shape index (κ3) is 3.70. The maximum atomic E-state index is 12.2. The van der Waals surface area contributed by atoms with Gasteiger partial charge in [0, 0.05) is 33.4 Å². The van der Waals surface area contributed by atoms with Crippen LogP contribution in [0.5, 0.6) is 0 Å². The van der Waals surface area contributed by atoms with Gasteiger partial charge in [-0.3, -0.25) is 18.7 Å². The molecular weight excluding hydrogens is 312 g/mol. The van der Waals surface area contributed by atoms with Crippen molar-refractivity contribution in [2.45, 2.75) is 26.4 Å². The van der Waals surface area contributed by atoms with Gasteiger partial charge in [-0.2, -0.15) is 0 Å². The van der Waals surface area contributed by atoms with Gasteiger partial charge in [0.05, 0.1) is 17.1 Å². The largest absolute Gasteiger partial charge is 0.379 e. The molecular formula is C16H22N4O4. The Morgan fingerprint density at radius 1 is 1.29 bits per heavy atom. The molecule has 8 nitrogen and oxygen atoms in total. The molecule has 0 bridgehead atoms. The Morgan fingerprint density at radius 2 is 2.00 bits per heavy atom. The second-order valence-corrected chi connectivity index (χ2v) is 5.83. The average Bonchev–Trinajstić information content (AvgIpc) is 2.56. The molecule has 0 aliphatic carbocycles. The highest BCUT2D eigenvalue weighted by molar-refractivity contribution is 5.96. The van der Waals surface area contributed by atoms with E-state index >= 15 is 0 Å². The molecule has 8 heteroatoms. The normalized spacial score (nSPS) is 11.2. The highest BCUT2D eigenvalue weighted by Crippen LogP contribution is 2.07. The van der Waals surface area contributed by atoms with Crippen molar-refractivity contribution in [2.75, 3.05) is 13.2 Å². The molecule has 2 aromatic heterocycles. The first kappa shape index (κ1) is 17.9. The van der Waals surface area contributed by atoms with Crippen molar-refractivity contribution in [1.29, 1.82) is 0 Å². The van der Waals surface area contributed by atoms with Crippen molar-refractivity contribution in [3.05, 3.63) is 38.7 Å². The Labute approximate surface area is 139 Å². The van der Waals surface area contributed by atoms with E-state index in [-0.39, 0.29) is 28.6 Å². The van der Waals surface area contributed by atoms with Crippen LogP contribution >= 0.6 is 0 Å². The number of nitrogens with one attached hydrogen (secondary N) is 1. The smallest absolute Gasteiger partial charge is 0.332 e. The molecule has 0 radical (unpaired) electrons. The monoisotopic (exact) mass is 334 g/mol. The van der Waals surface area contributed by atoms with E-state index in [1.54, 1.807) is 0 Å². The summed E-state index contributed by atoms with van der Waals surface area (Å²) >= 11 is 0. The summed E-state index contributed by atoms with van der Waals surface area (Å²) in [5.41, 5.74) is -0.393. The van der Waals surface area contributed by atoms with E-state index in [1.807, 2.05) is 13.8 Å². The lowest BCUT2D eigenvalue weighted by Gasteiger charge is -2.09. The van der Waals surface area contributed by atoms with E-state index in [2.05, 4.69) is 10.3 Å². The van der Waals surface area contributed by atoms with Crippen LogP contribution in [0, 0.1) is 0 Å². The van der Waals surface area contributed by atoms with Crippen molar-refractivity contribution in [1.82, 2.24) is 19.4 Å². The fourth-order valence-corrected chi connectivity index (χ4v) is 2.28. The third-order valence-electron chi connectivity index (χ3n) is 3.61. The number of ether oxygens (including phenoxy) is 1. The molecule has 0 aromatic carbocycles. The van der Waals surface area contributed by atoms with Crippen LogP contribution in [-0.2, 0) is 18.8 Å². The molecule has 1 N–H and O–H groups in total. The minimum atomic E-state index is -0.472. The summed E-state index contributed by atoms with van der Waals surface area (Å²) in [6.07, 6.45) is 2.22. The predicted molar refractivity (Wildman–Crippen MR) is 90.3 cm³/mol. The van der Waals surface area contributed by atoms with Crippen molar-refractivity contribution in [2.24, 2.45) is 14.1 Å². The molecule has 0 spiro atoms. The fourth-order valence-electron chi connectivity index (χ4n) is 2.28. The van der Waals surface area contributed by atoms with Crippen LogP contribution in [0.1, 0.15) is 30.6 Å². The van der Waals surface area contributed by atoms with Gasteiger partial charge in [0.1, 0.15) is 5.65 Å². The Bertz CT molecular complexity index is 867. The van der Waals surface area contributed by atoms with E-state index in [4.69, 9.17) is 4.74 Å². The Kier molecular flexibility index (Phi) is 5.50. The highest BCUT2D eigenvalue weighted by atomic mass is 16.5. The van der Waals surface area contributed by atoms with Crippen LogP contribution in [0.2, 0.25) is 0 Å². The second kappa shape index (κ2) is 7.39. The lowest BCUT2D eigenvalue weighted by Crippen LogP contribution is -2.37. The number of amides is 1. The molecule has 0 aliphatic heterocycles. The molecule has 24 heavy (non-hydrogen) atoms. The number of hydrogen-bond donors (Lipinski definition) is 1. The molecule has 2 aromatic rings. The van der Waals surface area contributed by atoms with E-state index in [0.717, 1.165) is 4.57 Å². The number of nitrogens with zero attached hydrogens (tertiary/aromatic N) is 3. The van der Waals surface area contributed by atoms with Gasteiger partial charge in [-0.25, -0.2) is 9.78 Å². The predicted octanol–water partition coefficient (Wildman–Crippen LogP) is 0.177. The van der Waals surface area contributed by atoms with Crippen LogP contribution < -0.4 is 16.6 Å². The maximum Gasteiger partial charge on any atom is 0.332 e. The van der Waals surface area contributed by atoms with Crippen molar-refractivity contribution >= 4 is 16.9 Å². The van der Waals surface area contributed by atoms with Gasteiger partial charge in [-0.05, 0) is 26.3 Å². The van der Waals surface area contributed by atoms with Crippen LogP contribution in [0.3, 0.4) is 0 Å². The first-order valence-corrected chi connectivity index (χ1v) is 7.78. The quantitative estimate of drug-likeness (QED) is 0.760. The number of carbonyl (C=O) groups excluding carboxylic acids is 1. The molecule has 0 unspecified atom stereocenters. The zero-order valence-corrected chi connectivity index (χ0v) is 14.3. The van der Waals surface area contributed by atoms with Gasteiger partial charge in [0.25, 0.3) is 11.5 Å². The van der Waals surface area contributed by atoms with Gasteiger partial charge in [0.2, 0.25) is 0 Å². The Hall–Kier alpha value is -2.48. The minimum absolute atomic E-state index is 0.160. The lowest BCUT2D eigenvalue weighted by atomic mass is 10.2. The standard InChI is InChI=1S/C16H22N4O4/c1-10(2)24-7-5-6-17-14(21)11-8-12-13(18-9-11)19(3)16(23)20(4)15(12)22/h8-10H,5-7H2,1-4H3,(H,17,21). The van der Waals surface area contributed by atoms with Crippen molar-refractivity contribution < 1.29 is 9.53 Å². The summed E-state index contributed by atoms with van der Waals surface area (Å²) in [7, 11) is 2.93. The molecule has 0 fully saturated rings. The van der Waals surface area contributed by atoms with Crippen LogP contribution in [-0.4, -0.2) is 39.3 Å². The first-order valence-electron chi connectivity index (χ1n) is 7.78. The fraction of sp³-hybridized carbons (Fsp3) is 0.500. The maximum absolute atomic E-state index is 12.2. The van der Waals surface area contributed by atoms with Crippen LogP contribution in [0.15, 0.2) is 21.9 Å². The summed E-state index contributed by atoms with van der Waals surface area (Å²) in [5.74, 6) is -0.315. The average molecular weight is 334 g/mol. The zero-order valence-electron chi connectivity index (χ0n) is 14.3. The van der Waals surface area contributed by atoms with Gasteiger partial charge < -0.3 is 10.1 Å². The molecule has 2 heterocycles. The summed E-state index contributed by atoms with van der Waals surface area (Å²) in [6, 6.07) is 1.46. The number of fused-ring (bicyclic) bond motifs is 1. The lowest BCUT2D eigenvalue weighted by molar-refractivity contribution is 0.0757. The van der Waals surface area contributed by atoms with Gasteiger partial charge in [-0.1, -0.05) is 0 Å². The zero-order chi connectivity index (χ0) is 17.9. The number of carbonyl (C=O) groups is 1. The molecule has 2 rings (SSSR count). The Balaban J connectivity index is 2.17. The molecule has 0 saturated carbocycles. The van der Waals surface area contributed by atoms with Crippen LogP contribution in [0.4, 0.5) is 0 Å². The van der Waals surface area contributed by atoms with E-state index in [1.165, 1.54) is 30.9 Å². The Morgan fingerprint density at radius 3 is 2.67 bits per heavy atom. The number of rotatable bonds is 6. The van der Waals surface area contributed by atoms with Crippen molar-refractivity contribution in [3.63, 3.8) is 0 Å². The SMILES string of the molecule is CC(C)OCCCNC(=O)c1cnc2c(c1)c(=O)n(C)c(=O)n2C. The molecule has 1 amide bonds. The molecule has 0 atom stereocenters. The van der Waals surface area contributed by atoms with E-state index in [0.29, 0.717) is 19.6 Å². The van der Waals surface area contributed by atoms with E-state index in [9.17, 15) is 14.4 Å². The van der Waals surface area contributed by atoms with Gasteiger partial charge in [0.15, 0.2) is 0 Å². The van der Waals surface area contributed by atoms with Gasteiger partial charge in [-0.15, -0.1) is 0 Å². The molecule has 0 saturated heterocycles. The molecule has 0 aliphatic rings. The van der Waals surface area contributed by atoms with Crippen LogP contribution in [0.25, 0.3) is 11.0 Å². The minimum Gasteiger partial charge on any atom is -0.379 e. The molecule has 130 valence electrons. The van der Waals surface area contributed by atoms with E-state index < -0.39 is 11.2 Å². The summed E-state index contributed by atoms with van der Waals surface area (Å²) in [4.78, 5) is 40.3. The highest BCUT2D eigenvalue weighted by Gasteiger charge is 2.13. The summed E-state index contributed by atoms with van der Waals surface area (Å²) < 4.78 is 7.67. The topological polar surface area (TPSA) is 95.2 Å².